The minimum Gasteiger partial charge on any atom is -0.354 e. The third-order valence-corrected chi connectivity index (χ3v) is 6.67. The van der Waals surface area contributed by atoms with Crippen molar-refractivity contribution < 1.29 is 4.79 Å². The van der Waals surface area contributed by atoms with E-state index in [1.54, 1.807) is 6.33 Å². The van der Waals surface area contributed by atoms with E-state index in [0.717, 1.165) is 74.5 Å². The molecule has 0 spiro atoms. The summed E-state index contributed by atoms with van der Waals surface area (Å²) in [6.07, 6.45) is 13.0. The zero-order chi connectivity index (χ0) is 18.9. The Morgan fingerprint density at radius 1 is 1.00 bits per heavy atom. The van der Waals surface area contributed by atoms with Gasteiger partial charge < -0.3 is 14.8 Å². The van der Waals surface area contributed by atoms with E-state index in [1.807, 2.05) is 0 Å². The molecule has 2 aromatic rings. The zero-order valence-electron chi connectivity index (χ0n) is 16.6. The van der Waals surface area contributed by atoms with Gasteiger partial charge in [-0.2, -0.15) is 0 Å². The second-order valence-corrected chi connectivity index (χ2v) is 8.63. The van der Waals surface area contributed by atoms with Gasteiger partial charge in [-0.1, -0.05) is 19.3 Å². The molecule has 7 heteroatoms. The molecule has 0 aromatic carbocycles. The summed E-state index contributed by atoms with van der Waals surface area (Å²) in [6.45, 7) is 2.66. The van der Waals surface area contributed by atoms with Crippen molar-refractivity contribution in [3.8, 4) is 0 Å². The highest BCUT2D eigenvalue weighted by atomic mass is 16.2. The molecule has 2 fully saturated rings. The molecular weight excluding hydrogens is 352 g/mol. The topological polar surface area (TPSA) is 75.9 Å². The van der Waals surface area contributed by atoms with Crippen LogP contribution < -0.4 is 10.2 Å². The molecular formula is C21H30N6O. The molecule has 5 rings (SSSR count). The van der Waals surface area contributed by atoms with Crippen molar-refractivity contribution in [3.63, 3.8) is 0 Å². The van der Waals surface area contributed by atoms with Gasteiger partial charge in [0.25, 0.3) is 0 Å². The Hall–Kier alpha value is -2.18. The molecule has 28 heavy (non-hydrogen) atoms. The van der Waals surface area contributed by atoms with Crippen molar-refractivity contribution in [2.45, 2.75) is 76.8 Å². The second kappa shape index (κ2) is 7.68. The van der Waals surface area contributed by atoms with Crippen molar-refractivity contribution in [3.05, 3.63) is 12.2 Å². The Kier molecular flexibility index (Phi) is 4.91. The Labute approximate surface area is 165 Å². The Balaban J connectivity index is 1.38. The maximum absolute atomic E-state index is 12.8. The van der Waals surface area contributed by atoms with Gasteiger partial charge in [-0.05, 0) is 38.5 Å². The van der Waals surface area contributed by atoms with Crippen molar-refractivity contribution in [2.24, 2.45) is 5.92 Å². The van der Waals surface area contributed by atoms with Gasteiger partial charge in [0.15, 0.2) is 17.0 Å². The van der Waals surface area contributed by atoms with Gasteiger partial charge in [0, 0.05) is 32.1 Å². The predicted molar refractivity (Wildman–Crippen MR) is 108 cm³/mol. The number of carbonyl (C=O) groups is 1. The molecule has 1 amide bonds. The zero-order valence-corrected chi connectivity index (χ0v) is 16.6. The largest absolute Gasteiger partial charge is 0.354 e. The Morgan fingerprint density at radius 3 is 2.79 bits per heavy atom. The quantitative estimate of drug-likeness (QED) is 0.883. The van der Waals surface area contributed by atoms with E-state index < -0.39 is 0 Å². The molecule has 2 aliphatic heterocycles. The van der Waals surface area contributed by atoms with Crippen LogP contribution in [0.4, 0.5) is 5.82 Å². The minimum absolute atomic E-state index is 0.0415. The lowest BCUT2D eigenvalue weighted by molar-refractivity contribution is -0.125. The monoisotopic (exact) mass is 382 g/mol. The van der Waals surface area contributed by atoms with Crippen LogP contribution in [0, 0.1) is 5.92 Å². The molecule has 0 radical (unpaired) electrons. The van der Waals surface area contributed by atoms with E-state index >= 15 is 0 Å². The van der Waals surface area contributed by atoms with E-state index in [0.29, 0.717) is 6.04 Å². The lowest BCUT2D eigenvalue weighted by Crippen LogP contribution is -2.45. The molecule has 7 nitrogen and oxygen atoms in total. The summed E-state index contributed by atoms with van der Waals surface area (Å²) in [7, 11) is 0. The first kappa shape index (κ1) is 17.9. The Morgan fingerprint density at radius 2 is 1.89 bits per heavy atom. The Bertz CT molecular complexity index is 856. The summed E-state index contributed by atoms with van der Waals surface area (Å²) < 4.78 is 2.28. The number of piperidine rings is 1. The molecule has 1 aliphatic carbocycles. The number of carbonyl (C=O) groups excluding carboxylic acids is 1. The first-order valence-electron chi connectivity index (χ1n) is 11.0. The third kappa shape index (κ3) is 3.35. The van der Waals surface area contributed by atoms with Crippen molar-refractivity contribution in [1.82, 2.24) is 24.8 Å². The van der Waals surface area contributed by atoms with Crippen LogP contribution in [0.2, 0.25) is 0 Å². The number of nitrogens with zero attached hydrogens (tertiary/aromatic N) is 5. The fourth-order valence-electron chi connectivity index (χ4n) is 5.13. The van der Waals surface area contributed by atoms with Crippen LogP contribution in [0.3, 0.4) is 0 Å². The number of hydrogen-bond donors (Lipinski definition) is 1. The van der Waals surface area contributed by atoms with E-state index in [9.17, 15) is 4.79 Å². The van der Waals surface area contributed by atoms with Gasteiger partial charge in [0.05, 0.1) is 5.92 Å². The number of hydrogen-bond acceptors (Lipinski definition) is 5. The minimum atomic E-state index is 0.0415. The van der Waals surface area contributed by atoms with E-state index in [1.165, 1.54) is 32.1 Å². The highest BCUT2D eigenvalue weighted by molar-refractivity contribution is 5.85. The number of imidazole rings is 1. The molecule has 2 aromatic heterocycles. The molecule has 1 N–H and O–H groups in total. The first-order chi connectivity index (χ1) is 13.8. The summed E-state index contributed by atoms with van der Waals surface area (Å²) in [5.41, 5.74) is 1.87. The van der Waals surface area contributed by atoms with Crippen LogP contribution in [-0.4, -0.2) is 44.6 Å². The van der Waals surface area contributed by atoms with Crippen LogP contribution in [-0.2, 0) is 17.8 Å². The maximum atomic E-state index is 12.8. The highest BCUT2D eigenvalue weighted by Crippen LogP contribution is 2.29. The summed E-state index contributed by atoms with van der Waals surface area (Å²) in [6, 6.07) is 0.387. The molecule has 0 bridgehead atoms. The summed E-state index contributed by atoms with van der Waals surface area (Å²) in [5, 5.41) is 3.29. The van der Waals surface area contributed by atoms with Gasteiger partial charge in [-0.3, -0.25) is 4.79 Å². The van der Waals surface area contributed by atoms with Gasteiger partial charge in [-0.15, -0.1) is 0 Å². The number of anilines is 1. The average Bonchev–Trinajstić information content (AvgIpc) is 3.29. The number of aromatic nitrogens is 4. The van der Waals surface area contributed by atoms with E-state index in [-0.39, 0.29) is 11.8 Å². The molecule has 1 atom stereocenters. The normalized spacial score (nSPS) is 23.6. The SMILES string of the molecule is O=C(NC1CCCC1)C1CCCN(c2ncnc3c2nc2n3CCCCC2)C1. The smallest absolute Gasteiger partial charge is 0.225 e. The van der Waals surface area contributed by atoms with Crippen LogP contribution in [0.5, 0.6) is 0 Å². The van der Waals surface area contributed by atoms with Crippen LogP contribution >= 0.6 is 0 Å². The van der Waals surface area contributed by atoms with Crippen LogP contribution in [0.15, 0.2) is 6.33 Å². The first-order valence-corrected chi connectivity index (χ1v) is 11.0. The van der Waals surface area contributed by atoms with Crippen molar-refractivity contribution in [1.29, 1.82) is 0 Å². The molecule has 3 aliphatic rings. The van der Waals surface area contributed by atoms with Crippen molar-refractivity contribution >= 4 is 22.9 Å². The van der Waals surface area contributed by atoms with E-state index in [4.69, 9.17) is 4.98 Å². The lowest BCUT2D eigenvalue weighted by atomic mass is 9.96. The maximum Gasteiger partial charge on any atom is 0.225 e. The van der Waals surface area contributed by atoms with Gasteiger partial charge in [-0.25, -0.2) is 15.0 Å². The number of nitrogens with one attached hydrogen (secondary N) is 1. The third-order valence-electron chi connectivity index (χ3n) is 6.67. The van der Waals surface area contributed by atoms with Crippen LogP contribution in [0.25, 0.3) is 11.2 Å². The molecule has 150 valence electrons. The summed E-state index contributed by atoms with van der Waals surface area (Å²) >= 11 is 0. The molecule has 1 saturated heterocycles. The summed E-state index contributed by atoms with van der Waals surface area (Å²) in [4.78, 5) is 29.2. The average molecular weight is 383 g/mol. The van der Waals surface area contributed by atoms with E-state index in [2.05, 4.69) is 24.8 Å². The number of amides is 1. The second-order valence-electron chi connectivity index (χ2n) is 8.63. The molecule has 1 unspecified atom stereocenters. The molecule has 1 saturated carbocycles. The number of rotatable bonds is 3. The molecule has 4 heterocycles. The number of fused-ring (bicyclic) bond motifs is 3. The summed E-state index contributed by atoms with van der Waals surface area (Å²) in [5.74, 6) is 2.31. The van der Waals surface area contributed by atoms with Gasteiger partial charge in [0.2, 0.25) is 5.91 Å². The fraction of sp³-hybridized carbons (Fsp3) is 0.714. The number of aryl methyl sites for hydroxylation is 2. The van der Waals surface area contributed by atoms with Gasteiger partial charge in [0.1, 0.15) is 12.2 Å². The van der Waals surface area contributed by atoms with Crippen LogP contribution in [0.1, 0.15) is 63.6 Å². The highest BCUT2D eigenvalue weighted by Gasteiger charge is 2.30. The van der Waals surface area contributed by atoms with Crippen molar-refractivity contribution in [2.75, 3.05) is 18.0 Å². The predicted octanol–water partition coefficient (Wildman–Crippen LogP) is 2.83. The lowest BCUT2D eigenvalue weighted by Gasteiger charge is -2.33. The fourth-order valence-corrected chi connectivity index (χ4v) is 5.13. The van der Waals surface area contributed by atoms with Gasteiger partial charge >= 0.3 is 0 Å². The standard InChI is InChI=1S/C21H30N6O/c28-21(24-16-8-3-4-9-16)15-7-6-11-26(13-15)19-18-20(23-14-22-19)27-12-5-1-2-10-17(27)25-18/h14-16H,1-13H2,(H,24,28).